The van der Waals surface area contributed by atoms with Crippen LogP contribution in [0.25, 0.3) is 21.6 Å². The first-order valence-corrected chi connectivity index (χ1v) is 11.3. The summed E-state index contributed by atoms with van der Waals surface area (Å²) in [7, 11) is -3.32. The van der Waals surface area contributed by atoms with Gasteiger partial charge in [0.15, 0.2) is 9.84 Å². The number of hydrogen-bond donors (Lipinski definition) is 0. The van der Waals surface area contributed by atoms with Crippen molar-refractivity contribution in [1.82, 2.24) is 0 Å². The van der Waals surface area contributed by atoms with E-state index in [1.807, 2.05) is 13.8 Å². The molecule has 0 saturated carbocycles. The van der Waals surface area contributed by atoms with E-state index in [9.17, 15) is 17.6 Å². The molecule has 7 heteroatoms. The molecule has 2 aromatic carbocycles. The molecule has 0 saturated heterocycles. The first kappa shape index (κ1) is 18.8. The molecular weight excluding hydrogens is 399 g/mol. The van der Waals surface area contributed by atoms with Crippen LogP contribution >= 0.6 is 11.3 Å². The highest BCUT2D eigenvalue weighted by Crippen LogP contribution is 2.51. The third kappa shape index (κ3) is 3.04. The predicted molar refractivity (Wildman–Crippen MR) is 107 cm³/mol. The lowest BCUT2D eigenvalue weighted by atomic mass is 9.90. The van der Waals surface area contributed by atoms with Crippen LogP contribution in [-0.4, -0.2) is 20.6 Å². The number of benzene rings is 2. The van der Waals surface area contributed by atoms with Gasteiger partial charge in [-0.25, -0.2) is 17.6 Å². The molecule has 3 aromatic rings. The molecule has 0 bridgehead atoms. The van der Waals surface area contributed by atoms with Crippen molar-refractivity contribution < 1.29 is 22.3 Å². The van der Waals surface area contributed by atoms with E-state index in [-0.39, 0.29) is 16.7 Å². The zero-order valence-electron chi connectivity index (χ0n) is 15.4. The Labute approximate surface area is 166 Å². The standard InChI is InChI=1S/C21H17FO4S2/c1-21(2)17-16(12-6-10-15(11-7-12)28(3,24)25)18(27-19(17)20(23)26-21)13-4-8-14(22)9-5-13/h4-11H,1-3H3. The first-order valence-electron chi connectivity index (χ1n) is 8.55. The molecule has 0 N–H and O–H groups in total. The zero-order valence-corrected chi connectivity index (χ0v) is 17.1. The smallest absolute Gasteiger partial charge is 0.349 e. The highest BCUT2D eigenvalue weighted by Gasteiger charge is 2.43. The molecule has 2 heterocycles. The number of rotatable bonds is 3. The summed E-state index contributed by atoms with van der Waals surface area (Å²) in [6, 6.07) is 12.6. The second-order valence-corrected chi connectivity index (χ2v) is 10.2. The highest BCUT2D eigenvalue weighted by atomic mass is 32.2. The van der Waals surface area contributed by atoms with Gasteiger partial charge >= 0.3 is 5.97 Å². The molecule has 1 aromatic heterocycles. The maximum Gasteiger partial charge on any atom is 0.349 e. The van der Waals surface area contributed by atoms with Crippen molar-refractivity contribution in [2.45, 2.75) is 24.3 Å². The minimum absolute atomic E-state index is 0.220. The summed E-state index contributed by atoms with van der Waals surface area (Å²) >= 11 is 1.31. The summed E-state index contributed by atoms with van der Waals surface area (Å²) in [5, 5.41) is 0. The molecule has 1 aliphatic heterocycles. The molecular formula is C21H17FO4S2. The van der Waals surface area contributed by atoms with E-state index >= 15 is 0 Å². The fraction of sp³-hybridized carbons (Fsp3) is 0.190. The van der Waals surface area contributed by atoms with Crippen molar-refractivity contribution in [3.8, 4) is 21.6 Å². The molecule has 4 nitrogen and oxygen atoms in total. The number of thiophene rings is 1. The van der Waals surface area contributed by atoms with Gasteiger partial charge < -0.3 is 4.74 Å². The molecule has 0 amide bonds. The van der Waals surface area contributed by atoms with Crippen molar-refractivity contribution in [2.75, 3.05) is 6.26 Å². The van der Waals surface area contributed by atoms with Crippen LogP contribution in [0.2, 0.25) is 0 Å². The summed E-state index contributed by atoms with van der Waals surface area (Å²) in [5.74, 6) is -0.723. The molecule has 0 fully saturated rings. The lowest BCUT2D eigenvalue weighted by Crippen LogP contribution is -2.17. The van der Waals surface area contributed by atoms with E-state index in [1.54, 1.807) is 36.4 Å². The Kier molecular flexibility index (Phi) is 4.21. The van der Waals surface area contributed by atoms with Gasteiger partial charge in [-0.05, 0) is 49.2 Å². The Balaban J connectivity index is 1.98. The maximum absolute atomic E-state index is 13.4. The van der Waals surface area contributed by atoms with E-state index < -0.39 is 15.4 Å². The summed E-state index contributed by atoms with van der Waals surface area (Å²) in [4.78, 5) is 14.0. The van der Waals surface area contributed by atoms with Crippen molar-refractivity contribution >= 4 is 27.1 Å². The number of carbonyl (C=O) groups excluding carboxylic acids is 1. The van der Waals surface area contributed by atoms with E-state index in [0.717, 1.165) is 33.4 Å². The van der Waals surface area contributed by atoms with Gasteiger partial charge in [-0.3, -0.25) is 0 Å². The Morgan fingerprint density at radius 3 is 2.07 bits per heavy atom. The molecule has 0 unspecified atom stereocenters. The molecule has 4 rings (SSSR count). The number of hydrogen-bond acceptors (Lipinski definition) is 5. The fourth-order valence-corrected chi connectivity index (χ4v) is 5.41. The SMILES string of the molecule is CC1(C)OC(=O)c2sc(-c3ccc(F)cc3)c(-c3ccc(S(C)(=O)=O)cc3)c21. The Morgan fingerprint density at radius 2 is 1.50 bits per heavy atom. The van der Waals surface area contributed by atoms with E-state index in [2.05, 4.69) is 0 Å². The zero-order chi connectivity index (χ0) is 20.3. The predicted octanol–water partition coefficient (Wildman–Crippen LogP) is 5.03. The van der Waals surface area contributed by atoms with Gasteiger partial charge in [0.1, 0.15) is 16.3 Å². The molecule has 1 aliphatic rings. The number of cyclic esters (lactones) is 1. The van der Waals surface area contributed by atoms with Gasteiger partial charge in [0.2, 0.25) is 0 Å². The van der Waals surface area contributed by atoms with Crippen LogP contribution in [0.4, 0.5) is 4.39 Å². The second-order valence-electron chi connectivity index (χ2n) is 7.21. The quantitative estimate of drug-likeness (QED) is 0.562. The van der Waals surface area contributed by atoms with Crippen LogP contribution in [0.1, 0.15) is 29.1 Å². The number of esters is 1. The van der Waals surface area contributed by atoms with Gasteiger partial charge in [-0.1, -0.05) is 24.3 Å². The topological polar surface area (TPSA) is 60.4 Å². The van der Waals surface area contributed by atoms with Gasteiger partial charge in [-0.2, -0.15) is 0 Å². The average molecular weight is 416 g/mol. The molecule has 28 heavy (non-hydrogen) atoms. The monoisotopic (exact) mass is 416 g/mol. The fourth-order valence-electron chi connectivity index (χ4n) is 3.43. The number of ether oxygens (including phenoxy) is 1. The molecule has 0 aliphatic carbocycles. The number of fused-ring (bicyclic) bond motifs is 1. The molecule has 144 valence electrons. The number of carbonyl (C=O) groups is 1. The summed E-state index contributed by atoms with van der Waals surface area (Å²) in [6.45, 7) is 3.65. The Morgan fingerprint density at radius 1 is 0.929 bits per heavy atom. The summed E-state index contributed by atoms with van der Waals surface area (Å²) in [5.41, 5.74) is 2.32. The minimum Gasteiger partial charge on any atom is -0.450 e. The van der Waals surface area contributed by atoms with Crippen LogP contribution in [-0.2, 0) is 20.2 Å². The molecule has 0 atom stereocenters. The lowest BCUT2D eigenvalue weighted by Gasteiger charge is -2.20. The van der Waals surface area contributed by atoms with Crippen LogP contribution in [0.5, 0.6) is 0 Å². The Bertz CT molecular complexity index is 1190. The van der Waals surface area contributed by atoms with Gasteiger partial charge in [0.25, 0.3) is 0 Å². The van der Waals surface area contributed by atoms with Crippen molar-refractivity contribution in [2.24, 2.45) is 0 Å². The van der Waals surface area contributed by atoms with E-state index in [0.29, 0.717) is 4.88 Å². The largest absolute Gasteiger partial charge is 0.450 e. The third-order valence-corrected chi connectivity index (χ3v) is 7.07. The summed E-state index contributed by atoms with van der Waals surface area (Å²) in [6.07, 6.45) is 1.16. The number of halogens is 1. The summed E-state index contributed by atoms with van der Waals surface area (Å²) < 4.78 is 42.5. The normalized spacial score (nSPS) is 15.4. The van der Waals surface area contributed by atoms with Crippen molar-refractivity contribution in [3.05, 3.63) is 64.8 Å². The molecule has 0 spiro atoms. The van der Waals surface area contributed by atoms with E-state index in [4.69, 9.17) is 4.74 Å². The van der Waals surface area contributed by atoms with Crippen molar-refractivity contribution in [1.29, 1.82) is 0 Å². The minimum atomic E-state index is -3.32. The van der Waals surface area contributed by atoms with Gasteiger partial charge in [0.05, 0.1) is 4.90 Å². The Hall–Kier alpha value is -2.51. The van der Waals surface area contributed by atoms with Crippen LogP contribution < -0.4 is 0 Å². The average Bonchev–Trinajstić information content (AvgIpc) is 3.12. The second kappa shape index (κ2) is 6.25. The number of sulfone groups is 1. The third-order valence-electron chi connectivity index (χ3n) is 4.72. The lowest BCUT2D eigenvalue weighted by molar-refractivity contribution is 0.00983. The first-order chi connectivity index (χ1) is 13.1. The van der Waals surface area contributed by atoms with Crippen LogP contribution in [0.15, 0.2) is 53.4 Å². The molecule has 0 radical (unpaired) electrons. The van der Waals surface area contributed by atoms with E-state index in [1.165, 1.54) is 23.5 Å². The van der Waals surface area contributed by atoms with Crippen LogP contribution in [0.3, 0.4) is 0 Å². The van der Waals surface area contributed by atoms with Gasteiger partial charge in [0, 0.05) is 22.3 Å². The van der Waals surface area contributed by atoms with Crippen molar-refractivity contribution in [3.63, 3.8) is 0 Å². The maximum atomic E-state index is 13.4. The highest BCUT2D eigenvalue weighted by molar-refractivity contribution is 7.90. The van der Waals surface area contributed by atoms with Gasteiger partial charge in [-0.15, -0.1) is 11.3 Å². The van der Waals surface area contributed by atoms with Crippen LogP contribution in [0, 0.1) is 5.82 Å².